The van der Waals surface area contributed by atoms with Crippen LogP contribution in [0.3, 0.4) is 0 Å². The average molecular weight is 270 g/mol. The van der Waals surface area contributed by atoms with Crippen LogP contribution in [-0.2, 0) is 0 Å². The third kappa shape index (κ3) is 1.55. The van der Waals surface area contributed by atoms with Gasteiger partial charge in [-0.05, 0) is 12.1 Å². The van der Waals surface area contributed by atoms with Gasteiger partial charge in [0.2, 0.25) is 0 Å². The summed E-state index contributed by atoms with van der Waals surface area (Å²) >= 11 is 4.98. The van der Waals surface area contributed by atoms with Crippen LogP contribution in [0.25, 0.3) is 10.1 Å². The molecule has 0 radical (unpaired) electrons. The fraction of sp³-hybridized carbons (Fsp3) is 0.100. The van der Waals surface area contributed by atoms with E-state index in [0.29, 0.717) is 0 Å². The maximum Gasteiger partial charge on any atom is 0.252 e. The molecule has 1 amide bonds. The van der Waals surface area contributed by atoms with Crippen molar-refractivity contribution in [3.8, 4) is 0 Å². The van der Waals surface area contributed by atoms with Crippen molar-refractivity contribution in [1.82, 2.24) is 5.32 Å². The number of hydrogen-bond donors (Lipinski definition) is 1. The lowest BCUT2D eigenvalue weighted by atomic mass is 10.2. The molecular formula is C10H8BrNOS. The van der Waals surface area contributed by atoms with Gasteiger partial charge in [0.05, 0.1) is 5.56 Å². The molecule has 1 aromatic carbocycles. The third-order valence-corrected chi connectivity index (χ3v) is 3.45. The zero-order chi connectivity index (χ0) is 10.1. The van der Waals surface area contributed by atoms with Gasteiger partial charge in [0.1, 0.15) is 0 Å². The Labute approximate surface area is 94.1 Å². The number of fused-ring (bicyclic) bond motifs is 1. The number of rotatable bonds is 1. The molecule has 2 rings (SSSR count). The predicted molar refractivity (Wildman–Crippen MR) is 62.9 cm³/mol. The molecule has 0 spiro atoms. The third-order valence-electron chi connectivity index (χ3n) is 2.01. The van der Waals surface area contributed by atoms with Crippen LogP contribution in [0.2, 0.25) is 0 Å². The summed E-state index contributed by atoms with van der Waals surface area (Å²) in [6.45, 7) is 0. The van der Waals surface area contributed by atoms with Crippen molar-refractivity contribution in [1.29, 1.82) is 0 Å². The summed E-state index contributed by atoms with van der Waals surface area (Å²) in [5.74, 6) is -0.0291. The first-order valence-electron chi connectivity index (χ1n) is 4.11. The monoisotopic (exact) mass is 269 g/mol. The highest BCUT2D eigenvalue weighted by Crippen LogP contribution is 2.28. The van der Waals surface area contributed by atoms with E-state index >= 15 is 0 Å². The lowest BCUT2D eigenvalue weighted by molar-refractivity contribution is 0.0965. The van der Waals surface area contributed by atoms with Crippen molar-refractivity contribution in [3.05, 3.63) is 33.6 Å². The van der Waals surface area contributed by atoms with Crippen LogP contribution < -0.4 is 5.32 Å². The van der Waals surface area contributed by atoms with Crippen LogP contribution in [0.15, 0.2) is 28.1 Å². The van der Waals surface area contributed by atoms with Gasteiger partial charge in [-0.1, -0.05) is 22.0 Å². The van der Waals surface area contributed by atoms with Crippen LogP contribution in [-0.4, -0.2) is 13.0 Å². The molecule has 1 heterocycles. The maximum atomic E-state index is 11.5. The Bertz CT molecular complexity index is 492. The molecule has 1 N–H and O–H groups in total. The number of halogens is 1. The van der Waals surface area contributed by atoms with Crippen LogP contribution in [0.1, 0.15) is 10.4 Å². The Hall–Kier alpha value is -0.870. The van der Waals surface area contributed by atoms with Crippen LogP contribution in [0, 0.1) is 0 Å². The summed E-state index contributed by atoms with van der Waals surface area (Å²) in [5.41, 5.74) is 0.750. The first-order chi connectivity index (χ1) is 6.72. The zero-order valence-corrected chi connectivity index (χ0v) is 9.91. The molecule has 0 saturated carbocycles. The van der Waals surface area contributed by atoms with Gasteiger partial charge in [-0.25, -0.2) is 0 Å². The molecule has 2 nitrogen and oxygen atoms in total. The van der Waals surface area contributed by atoms with Crippen molar-refractivity contribution in [3.63, 3.8) is 0 Å². The second-order valence-corrected chi connectivity index (χ2v) is 4.70. The Kier molecular flexibility index (Phi) is 2.56. The van der Waals surface area contributed by atoms with Gasteiger partial charge in [-0.3, -0.25) is 4.79 Å². The van der Waals surface area contributed by atoms with Gasteiger partial charge in [-0.15, -0.1) is 11.3 Å². The largest absolute Gasteiger partial charge is 0.355 e. The zero-order valence-electron chi connectivity index (χ0n) is 7.50. The Balaban J connectivity index is 2.64. The average Bonchev–Trinajstić information content (AvgIpc) is 2.59. The van der Waals surface area contributed by atoms with Crippen molar-refractivity contribution < 1.29 is 4.79 Å². The van der Waals surface area contributed by atoms with E-state index in [-0.39, 0.29) is 5.91 Å². The summed E-state index contributed by atoms with van der Waals surface area (Å²) in [4.78, 5) is 11.5. The molecule has 0 aliphatic rings. The number of nitrogens with one attached hydrogen (secondary N) is 1. The Morgan fingerprint density at radius 2 is 2.29 bits per heavy atom. The molecular weight excluding hydrogens is 262 g/mol. The first kappa shape index (κ1) is 9.68. The lowest BCUT2D eigenvalue weighted by Gasteiger charge is -1.97. The van der Waals surface area contributed by atoms with E-state index in [1.165, 1.54) is 0 Å². The number of hydrogen-bond acceptors (Lipinski definition) is 2. The highest BCUT2D eigenvalue weighted by atomic mass is 79.9. The molecule has 1 aromatic heterocycles. The summed E-state index contributed by atoms with van der Waals surface area (Å²) in [6, 6.07) is 5.93. The fourth-order valence-corrected chi connectivity index (χ4v) is 2.80. The molecule has 0 bridgehead atoms. The minimum atomic E-state index is -0.0291. The number of amides is 1. The summed E-state index contributed by atoms with van der Waals surface area (Å²) < 4.78 is 2.16. The Morgan fingerprint density at radius 3 is 3.00 bits per heavy atom. The van der Waals surface area contributed by atoms with Crippen LogP contribution >= 0.6 is 27.3 Å². The van der Waals surface area contributed by atoms with E-state index in [0.717, 1.165) is 20.1 Å². The topological polar surface area (TPSA) is 29.1 Å². The van der Waals surface area contributed by atoms with E-state index in [1.54, 1.807) is 18.4 Å². The highest BCUT2D eigenvalue weighted by molar-refractivity contribution is 9.10. The van der Waals surface area contributed by atoms with E-state index in [4.69, 9.17) is 0 Å². The van der Waals surface area contributed by atoms with Gasteiger partial charge < -0.3 is 5.32 Å². The quantitative estimate of drug-likeness (QED) is 0.847. The molecule has 2 aromatic rings. The van der Waals surface area contributed by atoms with Gasteiger partial charge in [0, 0.05) is 27.0 Å². The number of carbonyl (C=O) groups excluding carboxylic acids is 1. The van der Waals surface area contributed by atoms with Crippen LogP contribution in [0.5, 0.6) is 0 Å². The second-order valence-electron chi connectivity index (χ2n) is 2.87. The molecule has 0 aliphatic carbocycles. The van der Waals surface area contributed by atoms with Crippen molar-refractivity contribution in [2.24, 2.45) is 0 Å². The molecule has 0 atom stereocenters. The second kappa shape index (κ2) is 3.71. The maximum absolute atomic E-state index is 11.5. The predicted octanol–water partition coefficient (Wildman–Crippen LogP) is 3.02. The molecule has 0 unspecified atom stereocenters. The molecule has 0 aliphatic heterocycles. The lowest BCUT2D eigenvalue weighted by Crippen LogP contribution is -2.17. The molecule has 72 valence electrons. The number of carbonyl (C=O) groups is 1. The smallest absolute Gasteiger partial charge is 0.252 e. The molecule has 14 heavy (non-hydrogen) atoms. The molecule has 0 saturated heterocycles. The highest BCUT2D eigenvalue weighted by Gasteiger charge is 2.10. The van der Waals surface area contributed by atoms with Gasteiger partial charge in [-0.2, -0.15) is 0 Å². The standard InChI is InChI=1S/C10H8BrNOS/c1-12-10(13)8-5-14-9-4-6(11)2-3-7(8)9/h2-5H,1H3,(H,12,13). The van der Waals surface area contributed by atoms with E-state index < -0.39 is 0 Å². The first-order valence-corrected chi connectivity index (χ1v) is 5.78. The van der Waals surface area contributed by atoms with Gasteiger partial charge >= 0.3 is 0 Å². The number of benzene rings is 1. The minimum absolute atomic E-state index is 0.0291. The summed E-state index contributed by atoms with van der Waals surface area (Å²) in [7, 11) is 1.64. The van der Waals surface area contributed by atoms with Gasteiger partial charge in [0.15, 0.2) is 0 Å². The van der Waals surface area contributed by atoms with E-state index in [9.17, 15) is 4.79 Å². The van der Waals surface area contributed by atoms with E-state index in [2.05, 4.69) is 21.2 Å². The summed E-state index contributed by atoms with van der Waals surface area (Å²) in [5, 5.41) is 5.53. The van der Waals surface area contributed by atoms with E-state index in [1.807, 2.05) is 23.6 Å². The number of thiophene rings is 1. The van der Waals surface area contributed by atoms with Crippen molar-refractivity contribution in [2.45, 2.75) is 0 Å². The SMILES string of the molecule is CNC(=O)c1csc2cc(Br)ccc12. The normalized spacial score (nSPS) is 10.4. The summed E-state index contributed by atoms with van der Waals surface area (Å²) in [6.07, 6.45) is 0. The van der Waals surface area contributed by atoms with Gasteiger partial charge in [0.25, 0.3) is 5.91 Å². The van der Waals surface area contributed by atoms with Crippen molar-refractivity contribution >= 4 is 43.3 Å². The minimum Gasteiger partial charge on any atom is -0.355 e. The molecule has 4 heteroatoms. The van der Waals surface area contributed by atoms with Crippen LogP contribution in [0.4, 0.5) is 0 Å². The fourth-order valence-electron chi connectivity index (χ4n) is 1.31. The molecule has 0 fully saturated rings. The Morgan fingerprint density at radius 1 is 1.50 bits per heavy atom. The van der Waals surface area contributed by atoms with Crippen molar-refractivity contribution in [2.75, 3.05) is 7.05 Å².